The maximum atomic E-state index is 13.8. The van der Waals surface area contributed by atoms with Crippen LogP contribution in [-0.2, 0) is 20.6 Å². The third kappa shape index (κ3) is 4.68. The molecule has 1 atom stereocenters. The average molecular weight is 484 g/mol. The van der Waals surface area contributed by atoms with Gasteiger partial charge in [0.2, 0.25) is 11.8 Å². The second-order valence-electron chi connectivity index (χ2n) is 7.79. The first kappa shape index (κ1) is 23.8. The van der Waals surface area contributed by atoms with Crippen LogP contribution in [0.5, 0.6) is 5.75 Å². The van der Waals surface area contributed by atoms with E-state index in [-0.39, 0.29) is 22.7 Å². The number of likely N-dealkylation sites (N-methyl/N-ethyl adjacent to an activating group) is 1. The number of aliphatic carboxylic acids is 1. The van der Waals surface area contributed by atoms with E-state index in [4.69, 9.17) is 9.84 Å². The Morgan fingerprint density at radius 2 is 1.60 bits per heavy atom. The van der Waals surface area contributed by atoms with Crippen LogP contribution in [0, 0.1) is 0 Å². The lowest BCUT2D eigenvalue weighted by Gasteiger charge is -2.26. The monoisotopic (exact) mass is 484 g/mol. The maximum Gasteiger partial charge on any atom is 0.416 e. The molecule has 0 spiro atoms. The van der Waals surface area contributed by atoms with E-state index >= 15 is 0 Å². The molecular formula is C25H19F3N2O5. The largest absolute Gasteiger partial charge is 0.482 e. The van der Waals surface area contributed by atoms with Gasteiger partial charge in [0.05, 0.1) is 16.9 Å². The summed E-state index contributed by atoms with van der Waals surface area (Å²) in [6.45, 7) is -0.567. The Morgan fingerprint density at radius 1 is 0.943 bits per heavy atom. The Labute approximate surface area is 198 Å². The number of carbonyl (C=O) groups is 3. The van der Waals surface area contributed by atoms with Crippen molar-refractivity contribution in [2.45, 2.75) is 12.1 Å². The van der Waals surface area contributed by atoms with Crippen LogP contribution in [0.1, 0.15) is 17.0 Å². The van der Waals surface area contributed by atoms with E-state index in [1.54, 1.807) is 30.3 Å². The van der Waals surface area contributed by atoms with Crippen molar-refractivity contribution in [3.63, 3.8) is 0 Å². The van der Waals surface area contributed by atoms with E-state index in [1.165, 1.54) is 37.4 Å². The Hall–Kier alpha value is -4.34. The number of alkyl halides is 3. The van der Waals surface area contributed by atoms with Gasteiger partial charge in [0.1, 0.15) is 11.7 Å². The van der Waals surface area contributed by atoms with Crippen LogP contribution in [0.2, 0.25) is 0 Å². The molecule has 0 aromatic heterocycles. The molecule has 180 valence electrons. The molecule has 0 aliphatic carbocycles. The molecule has 1 aliphatic rings. The normalized spacial score (nSPS) is 16.1. The highest BCUT2D eigenvalue weighted by molar-refractivity contribution is 6.23. The molecule has 10 heteroatoms. The van der Waals surface area contributed by atoms with Crippen molar-refractivity contribution >= 4 is 34.8 Å². The van der Waals surface area contributed by atoms with Crippen LogP contribution in [0.4, 0.5) is 30.2 Å². The molecule has 2 amide bonds. The van der Waals surface area contributed by atoms with E-state index in [0.717, 1.165) is 21.9 Å². The number of rotatable bonds is 5. The fourth-order valence-corrected chi connectivity index (χ4v) is 3.86. The van der Waals surface area contributed by atoms with Gasteiger partial charge in [-0.15, -0.1) is 0 Å². The van der Waals surface area contributed by atoms with Crippen molar-refractivity contribution in [3.05, 3.63) is 83.9 Å². The zero-order valence-corrected chi connectivity index (χ0v) is 18.3. The number of anilines is 3. The Kier molecular flexibility index (Phi) is 6.21. The number of para-hydroxylation sites is 1. The summed E-state index contributed by atoms with van der Waals surface area (Å²) < 4.78 is 45.7. The predicted octanol–water partition coefficient (Wildman–Crippen LogP) is 4.59. The van der Waals surface area contributed by atoms with Crippen molar-refractivity contribution in [2.75, 3.05) is 23.5 Å². The highest BCUT2D eigenvalue weighted by Crippen LogP contribution is 2.44. The fraction of sp³-hybridized carbons (Fsp3) is 0.160. The first-order valence-electron chi connectivity index (χ1n) is 10.4. The zero-order valence-electron chi connectivity index (χ0n) is 18.3. The van der Waals surface area contributed by atoms with Gasteiger partial charge < -0.3 is 14.7 Å². The Bertz CT molecular complexity index is 1280. The van der Waals surface area contributed by atoms with Gasteiger partial charge in [0, 0.05) is 12.7 Å². The number of halogens is 3. The molecule has 1 heterocycles. The molecule has 0 radical (unpaired) electrons. The van der Waals surface area contributed by atoms with E-state index in [0.29, 0.717) is 5.69 Å². The molecule has 0 saturated carbocycles. The first-order valence-corrected chi connectivity index (χ1v) is 10.4. The summed E-state index contributed by atoms with van der Waals surface area (Å²) in [6, 6.07) is 16.7. The minimum absolute atomic E-state index is 0.0733. The number of nitrogens with zero attached hydrogens (tertiary/aromatic N) is 2. The van der Waals surface area contributed by atoms with Crippen LogP contribution in [0.15, 0.2) is 72.8 Å². The van der Waals surface area contributed by atoms with Gasteiger partial charge in [-0.2, -0.15) is 13.2 Å². The number of carbonyl (C=O) groups excluding carboxylic acids is 2. The Balaban J connectivity index is 1.84. The lowest BCUT2D eigenvalue weighted by molar-refractivity contribution is -0.139. The predicted molar refractivity (Wildman–Crippen MR) is 121 cm³/mol. The minimum Gasteiger partial charge on any atom is -0.482 e. The van der Waals surface area contributed by atoms with E-state index in [9.17, 15) is 27.6 Å². The van der Waals surface area contributed by atoms with Crippen LogP contribution in [0.3, 0.4) is 0 Å². The second kappa shape index (κ2) is 9.13. The summed E-state index contributed by atoms with van der Waals surface area (Å²) >= 11 is 0. The number of ether oxygens (including phenoxy) is 1. The molecular weight excluding hydrogens is 465 g/mol. The van der Waals surface area contributed by atoms with Crippen LogP contribution < -0.4 is 14.5 Å². The number of amides is 2. The van der Waals surface area contributed by atoms with Crippen molar-refractivity contribution in [2.24, 2.45) is 0 Å². The number of hydrogen-bond donors (Lipinski definition) is 1. The van der Waals surface area contributed by atoms with Crippen LogP contribution >= 0.6 is 0 Å². The SMILES string of the molecule is CN1C(=O)C(c2ccc(OCC(=O)O)cc2)C(=O)N(c2ccccc2)c2cc(C(F)(F)F)ccc21. The zero-order chi connectivity index (χ0) is 25.3. The number of carboxylic acid groups (broad SMARTS) is 1. The van der Waals surface area contributed by atoms with Crippen LogP contribution in [0.25, 0.3) is 0 Å². The number of carboxylic acids is 1. The van der Waals surface area contributed by atoms with Crippen molar-refractivity contribution in [1.82, 2.24) is 0 Å². The summed E-state index contributed by atoms with van der Waals surface area (Å²) in [7, 11) is 1.40. The molecule has 7 nitrogen and oxygen atoms in total. The third-order valence-corrected chi connectivity index (χ3v) is 5.54. The highest BCUT2D eigenvalue weighted by atomic mass is 19.4. The number of hydrogen-bond acceptors (Lipinski definition) is 4. The molecule has 1 aliphatic heterocycles. The quantitative estimate of drug-likeness (QED) is 0.535. The van der Waals surface area contributed by atoms with Gasteiger partial charge >= 0.3 is 12.1 Å². The van der Waals surface area contributed by atoms with E-state index < -0.39 is 42.0 Å². The summed E-state index contributed by atoms with van der Waals surface area (Å²) in [5, 5.41) is 8.76. The number of benzene rings is 3. The van der Waals surface area contributed by atoms with Crippen molar-refractivity contribution in [3.8, 4) is 5.75 Å². The summed E-state index contributed by atoms with van der Waals surface area (Å²) in [5.41, 5.74) is -0.309. The molecule has 35 heavy (non-hydrogen) atoms. The average Bonchev–Trinajstić information content (AvgIpc) is 2.90. The van der Waals surface area contributed by atoms with Gasteiger partial charge in [0.25, 0.3) is 0 Å². The third-order valence-electron chi connectivity index (χ3n) is 5.54. The smallest absolute Gasteiger partial charge is 0.416 e. The standard InChI is InChI=1S/C25H19F3N2O5/c1-29-19-12-9-16(25(26,27)28)13-20(19)30(17-5-3-2-4-6-17)24(34)22(23(29)33)15-7-10-18(11-8-15)35-14-21(31)32/h2-13,22H,14H2,1H3,(H,31,32). The lowest BCUT2D eigenvalue weighted by atomic mass is 9.96. The summed E-state index contributed by atoms with van der Waals surface area (Å²) in [4.78, 5) is 40.2. The molecule has 0 saturated heterocycles. The van der Waals surface area contributed by atoms with Gasteiger partial charge in [-0.3, -0.25) is 14.5 Å². The van der Waals surface area contributed by atoms with Crippen LogP contribution in [-0.4, -0.2) is 36.5 Å². The molecule has 3 aromatic rings. The minimum atomic E-state index is -4.65. The molecule has 1 unspecified atom stereocenters. The topological polar surface area (TPSA) is 87.1 Å². The lowest BCUT2D eigenvalue weighted by Crippen LogP contribution is -2.37. The summed E-state index contributed by atoms with van der Waals surface area (Å²) in [6.07, 6.45) is -4.65. The van der Waals surface area contributed by atoms with Gasteiger partial charge in [-0.05, 0) is 48.0 Å². The van der Waals surface area contributed by atoms with Crippen molar-refractivity contribution in [1.29, 1.82) is 0 Å². The van der Waals surface area contributed by atoms with Gasteiger partial charge in [-0.1, -0.05) is 30.3 Å². The van der Waals surface area contributed by atoms with Crippen molar-refractivity contribution < 1.29 is 37.4 Å². The van der Waals surface area contributed by atoms with E-state index in [2.05, 4.69) is 0 Å². The fourth-order valence-electron chi connectivity index (χ4n) is 3.86. The number of fused-ring (bicyclic) bond motifs is 1. The molecule has 1 N–H and O–H groups in total. The maximum absolute atomic E-state index is 13.8. The highest BCUT2D eigenvalue weighted by Gasteiger charge is 2.42. The molecule has 3 aromatic carbocycles. The molecule has 0 fully saturated rings. The summed E-state index contributed by atoms with van der Waals surface area (Å²) in [5.74, 6) is -3.68. The first-order chi connectivity index (χ1) is 16.6. The molecule has 0 bridgehead atoms. The van der Waals surface area contributed by atoms with Gasteiger partial charge in [-0.25, -0.2) is 4.79 Å². The second-order valence-corrected chi connectivity index (χ2v) is 7.79. The Morgan fingerprint density at radius 3 is 2.20 bits per heavy atom. The molecule has 4 rings (SSSR count). The van der Waals surface area contributed by atoms with E-state index in [1.807, 2.05) is 0 Å². The van der Waals surface area contributed by atoms with Gasteiger partial charge in [0.15, 0.2) is 6.61 Å².